The summed E-state index contributed by atoms with van der Waals surface area (Å²) < 4.78 is 29.7. The van der Waals surface area contributed by atoms with Gasteiger partial charge in [-0.25, -0.2) is 9.18 Å². The van der Waals surface area contributed by atoms with Crippen molar-refractivity contribution in [1.29, 1.82) is 0 Å². The molecule has 1 N–H and O–H groups in total. The lowest BCUT2D eigenvalue weighted by molar-refractivity contribution is 0.168. The predicted octanol–water partition coefficient (Wildman–Crippen LogP) is 4.21. The standard InChI is InChI=1S/C26H26FN3O4/c27-20-7-9-21(10-8-20)29-12-14-30(15-13-29)23(19-6-11-24-25(16-19)33-18-32-24)17-28-26(31)34-22-4-2-1-3-5-22/h1-11,16,23H,12-15,17-18H2,(H,28,31)/t23-/m1/s1. The number of piperazine rings is 1. The molecule has 2 aliphatic rings. The van der Waals surface area contributed by atoms with Gasteiger partial charge < -0.3 is 24.4 Å². The van der Waals surface area contributed by atoms with E-state index in [1.54, 1.807) is 24.3 Å². The van der Waals surface area contributed by atoms with Crippen LogP contribution in [0.2, 0.25) is 0 Å². The first-order valence-electron chi connectivity index (χ1n) is 11.3. The summed E-state index contributed by atoms with van der Waals surface area (Å²) >= 11 is 0. The molecule has 176 valence electrons. The molecule has 0 radical (unpaired) electrons. The van der Waals surface area contributed by atoms with Crippen LogP contribution in [-0.4, -0.2) is 50.5 Å². The van der Waals surface area contributed by atoms with Gasteiger partial charge in [-0.15, -0.1) is 0 Å². The van der Waals surface area contributed by atoms with Gasteiger partial charge in [0.25, 0.3) is 0 Å². The lowest BCUT2D eigenvalue weighted by Gasteiger charge is -2.40. The lowest BCUT2D eigenvalue weighted by atomic mass is 10.0. The summed E-state index contributed by atoms with van der Waals surface area (Å²) in [7, 11) is 0. The number of nitrogens with one attached hydrogen (secondary N) is 1. The highest BCUT2D eigenvalue weighted by molar-refractivity contribution is 5.70. The van der Waals surface area contributed by atoms with Crippen molar-refractivity contribution in [2.45, 2.75) is 6.04 Å². The first kappa shape index (κ1) is 22.0. The maximum Gasteiger partial charge on any atom is 0.412 e. The fourth-order valence-corrected chi connectivity index (χ4v) is 4.33. The van der Waals surface area contributed by atoms with E-state index in [0.717, 1.165) is 43.2 Å². The topological polar surface area (TPSA) is 63.3 Å². The minimum Gasteiger partial charge on any atom is -0.454 e. The van der Waals surface area contributed by atoms with Crippen LogP contribution in [0.25, 0.3) is 0 Å². The molecule has 0 saturated carbocycles. The largest absolute Gasteiger partial charge is 0.454 e. The molecule has 0 aliphatic carbocycles. The van der Waals surface area contributed by atoms with Crippen LogP contribution in [0.4, 0.5) is 14.9 Å². The molecular formula is C26H26FN3O4. The monoisotopic (exact) mass is 463 g/mol. The van der Waals surface area contributed by atoms with E-state index in [1.807, 2.05) is 36.4 Å². The van der Waals surface area contributed by atoms with Gasteiger partial charge in [0, 0.05) is 38.4 Å². The van der Waals surface area contributed by atoms with Gasteiger partial charge in [0.2, 0.25) is 6.79 Å². The van der Waals surface area contributed by atoms with E-state index in [4.69, 9.17) is 14.2 Å². The van der Waals surface area contributed by atoms with Crippen molar-refractivity contribution in [3.8, 4) is 17.2 Å². The highest BCUT2D eigenvalue weighted by Crippen LogP contribution is 2.35. The first-order valence-corrected chi connectivity index (χ1v) is 11.3. The number of amides is 1. The predicted molar refractivity (Wildman–Crippen MR) is 126 cm³/mol. The van der Waals surface area contributed by atoms with E-state index in [1.165, 1.54) is 12.1 Å². The number of carbonyl (C=O) groups excluding carboxylic acids is 1. The number of hydrogen-bond acceptors (Lipinski definition) is 6. The molecule has 1 saturated heterocycles. The number of hydrogen-bond donors (Lipinski definition) is 1. The average Bonchev–Trinajstić information content (AvgIpc) is 3.34. The summed E-state index contributed by atoms with van der Waals surface area (Å²) in [4.78, 5) is 17.0. The fraction of sp³-hybridized carbons (Fsp3) is 0.269. The highest BCUT2D eigenvalue weighted by Gasteiger charge is 2.27. The van der Waals surface area contributed by atoms with Crippen LogP contribution in [0, 0.1) is 5.82 Å². The SMILES string of the molecule is O=C(NC[C@H](c1ccc2c(c1)OCO2)N1CCN(c2ccc(F)cc2)CC1)Oc1ccccc1. The third-order valence-electron chi connectivity index (χ3n) is 6.12. The molecule has 0 bridgehead atoms. The molecule has 8 heteroatoms. The van der Waals surface area contributed by atoms with Crippen LogP contribution >= 0.6 is 0 Å². The zero-order valence-corrected chi connectivity index (χ0v) is 18.7. The third kappa shape index (κ3) is 5.07. The maximum atomic E-state index is 13.3. The Bertz CT molecular complexity index is 1120. The van der Waals surface area contributed by atoms with E-state index in [0.29, 0.717) is 18.0 Å². The number of anilines is 1. The lowest BCUT2D eigenvalue weighted by Crippen LogP contribution is -2.50. The van der Waals surface area contributed by atoms with E-state index >= 15 is 0 Å². The molecule has 2 heterocycles. The molecule has 2 aliphatic heterocycles. The van der Waals surface area contributed by atoms with E-state index in [-0.39, 0.29) is 18.7 Å². The molecule has 1 atom stereocenters. The van der Waals surface area contributed by atoms with Gasteiger partial charge in [-0.3, -0.25) is 4.90 Å². The molecule has 1 amide bonds. The van der Waals surface area contributed by atoms with Crippen molar-refractivity contribution in [2.75, 3.05) is 44.4 Å². The molecule has 3 aromatic carbocycles. The van der Waals surface area contributed by atoms with Crippen molar-refractivity contribution >= 4 is 11.8 Å². The van der Waals surface area contributed by atoms with Gasteiger partial charge in [0.1, 0.15) is 11.6 Å². The van der Waals surface area contributed by atoms with Crippen LogP contribution in [0.15, 0.2) is 72.8 Å². The molecule has 3 aromatic rings. The van der Waals surface area contributed by atoms with Gasteiger partial charge in [-0.1, -0.05) is 24.3 Å². The zero-order valence-electron chi connectivity index (χ0n) is 18.7. The summed E-state index contributed by atoms with van der Waals surface area (Å²) in [5.41, 5.74) is 2.03. The van der Waals surface area contributed by atoms with E-state index in [2.05, 4.69) is 15.1 Å². The summed E-state index contributed by atoms with van der Waals surface area (Å²) in [5.74, 6) is 1.69. The molecular weight excluding hydrogens is 437 g/mol. The number of carbonyl (C=O) groups is 1. The van der Waals surface area contributed by atoms with E-state index in [9.17, 15) is 9.18 Å². The molecule has 0 unspecified atom stereocenters. The molecule has 0 spiro atoms. The Morgan fingerprint density at radius 1 is 0.941 bits per heavy atom. The Balaban J connectivity index is 1.28. The Morgan fingerprint density at radius 2 is 1.68 bits per heavy atom. The normalized spacial score (nSPS) is 16.2. The number of ether oxygens (including phenoxy) is 3. The van der Waals surface area contributed by atoms with Crippen LogP contribution in [-0.2, 0) is 0 Å². The summed E-state index contributed by atoms with van der Waals surface area (Å²) in [5, 5.41) is 2.91. The summed E-state index contributed by atoms with van der Waals surface area (Å²) in [6.45, 7) is 3.74. The number of para-hydroxylation sites is 1. The van der Waals surface area contributed by atoms with Gasteiger partial charge in [0.05, 0.1) is 6.04 Å². The summed E-state index contributed by atoms with van der Waals surface area (Å²) in [6, 6.07) is 21.4. The Labute approximate surface area is 197 Å². The van der Waals surface area contributed by atoms with Gasteiger partial charge >= 0.3 is 6.09 Å². The van der Waals surface area contributed by atoms with Crippen LogP contribution in [0.3, 0.4) is 0 Å². The smallest absolute Gasteiger partial charge is 0.412 e. The van der Waals surface area contributed by atoms with Gasteiger partial charge in [-0.05, 0) is 54.1 Å². The van der Waals surface area contributed by atoms with Crippen molar-refractivity contribution < 1.29 is 23.4 Å². The Morgan fingerprint density at radius 3 is 2.44 bits per heavy atom. The quantitative estimate of drug-likeness (QED) is 0.591. The molecule has 0 aromatic heterocycles. The van der Waals surface area contributed by atoms with Crippen molar-refractivity contribution in [3.05, 3.63) is 84.2 Å². The Kier molecular flexibility index (Phi) is 6.49. The van der Waals surface area contributed by atoms with Crippen molar-refractivity contribution in [3.63, 3.8) is 0 Å². The van der Waals surface area contributed by atoms with Gasteiger partial charge in [0.15, 0.2) is 11.5 Å². The molecule has 34 heavy (non-hydrogen) atoms. The van der Waals surface area contributed by atoms with Crippen LogP contribution < -0.4 is 24.4 Å². The highest BCUT2D eigenvalue weighted by atomic mass is 19.1. The first-order chi connectivity index (χ1) is 16.7. The zero-order chi connectivity index (χ0) is 23.3. The number of fused-ring (bicyclic) bond motifs is 1. The van der Waals surface area contributed by atoms with Crippen LogP contribution in [0.5, 0.6) is 17.2 Å². The minimum atomic E-state index is -0.498. The average molecular weight is 464 g/mol. The number of nitrogens with zero attached hydrogens (tertiary/aromatic N) is 2. The second kappa shape index (κ2) is 10.0. The maximum absolute atomic E-state index is 13.3. The number of rotatable bonds is 6. The van der Waals surface area contributed by atoms with Crippen molar-refractivity contribution in [2.24, 2.45) is 0 Å². The number of halogens is 1. The third-order valence-corrected chi connectivity index (χ3v) is 6.12. The van der Waals surface area contributed by atoms with E-state index < -0.39 is 6.09 Å². The second-order valence-corrected chi connectivity index (χ2v) is 8.21. The number of benzene rings is 3. The molecule has 5 rings (SSSR count). The van der Waals surface area contributed by atoms with Crippen LogP contribution in [0.1, 0.15) is 11.6 Å². The summed E-state index contributed by atoms with van der Waals surface area (Å²) in [6.07, 6.45) is -0.498. The van der Waals surface area contributed by atoms with Gasteiger partial charge in [-0.2, -0.15) is 0 Å². The molecule has 7 nitrogen and oxygen atoms in total. The van der Waals surface area contributed by atoms with Crippen molar-refractivity contribution in [1.82, 2.24) is 10.2 Å². The second-order valence-electron chi connectivity index (χ2n) is 8.21. The Hall–Kier alpha value is -3.78. The molecule has 1 fully saturated rings. The fourth-order valence-electron chi connectivity index (χ4n) is 4.33. The minimum absolute atomic E-state index is 0.0757.